The molecule has 268 valence electrons. The number of nitrogens with two attached hydrogens (primary N) is 1. The van der Waals surface area contributed by atoms with Crippen molar-refractivity contribution in [1.82, 2.24) is 5.32 Å². The summed E-state index contributed by atoms with van der Waals surface area (Å²) in [5.74, 6) is -1.34. The van der Waals surface area contributed by atoms with Crippen LogP contribution in [0.3, 0.4) is 0 Å². The van der Waals surface area contributed by atoms with Gasteiger partial charge in [0.05, 0.1) is 0 Å². The summed E-state index contributed by atoms with van der Waals surface area (Å²) >= 11 is 0. The smallest absolute Gasteiger partial charge is 0.326 e. The fourth-order valence-corrected chi connectivity index (χ4v) is 5.65. The topological polar surface area (TPSA) is 119 Å². The van der Waals surface area contributed by atoms with Crippen LogP contribution in [0, 0.1) is 0 Å². The Morgan fingerprint density at radius 3 is 1.74 bits per heavy atom. The molecule has 0 aromatic rings. The molecule has 0 spiro atoms. The molecule has 46 heavy (non-hydrogen) atoms. The normalized spacial score (nSPS) is 12.9. The van der Waals surface area contributed by atoms with E-state index >= 15 is 0 Å². The summed E-state index contributed by atoms with van der Waals surface area (Å²) in [6, 6.07) is -0.871. The predicted molar refractivity (Wildman–Crippen MR) is 193 cm³/mol. The molecular weight excluding hydrogens is 576 g/mol. The molecule has 0 aromatic carbocycles. The standard InChI is InChI=1S/C39H72N2O5/c1-3-5-6-7-8-9-10-11-12-13-14-15-16-17-18-19-20-21-22-23-27-33-38(43)46-35(29-4-2)30-25-24-26-32-37(42)41-36(39(44)45)31-28-34-40/h10-11,13-14,35-36H,3-9,12,15-34,40H2,1-2H3,(H,41,42)(H,44,45)/b11-10-,14-13-. The van der Waals surface area contributed by atoms with Gasteiger partial charge in [0, 0.05) is 12.8 Å². The maximum atomic E-state index is 12.4. The number of esters is 1. The zero-order valence-electron chi connectivity index (χ0n) is 29.9. The van der Waals surface area contributed by atoms with E-state index in [1.165, 1.54) is 89.9 Å². The molecule has 0 aromatic heterocycles. The van der Waals surface area contributed by atoms with Gasteiger partial charge in [-0.05, 0) is 83.6 Å². The third kappa shape index (κ3) is 30.5. The number of unbranched alkanes of at least 4 members (excludes halogenated alkanes) is 16. The number of carbonyl (C=O) groups is 3. The number of rotatable bonds is 34. The lowest BCUT2D eigenvalue weighted by atomic mass is 10.0. The van der Waals surface area contributed by atoms with E-state index in [2.05, 4.69) is 43.5 Å². The predicted octanol–water partition coefficient (Wildman–Crippen LogP) is 10.1. The summed E-state index contributed by atoms with van der Waals surface area (Å²) in [4.78, 5) is 35.8. The lowest BCUT2D eigenvalue weighted by Gasteiger charge is -2.17. The van der Waals surface area contributed by atoms with Crippen LogP contribution in [0.4, 0.5) is 0 Å². The molecule has 0 saturated carbocycles. The van der Waals surface area contributed by atoms with Crippen molar-refractivity contribution < 1.29 is 24.2 Å². The molecule has 2 atom stereocenters. The van der Waals surface area contributed by atoms with Crippen LogP contribution in [0.25, 0.3) is 0 Å². The number of amides is 1. The van der Waals surface area contributed by atoms with Crippen LogP contribution in [-0.4, -0.2) is 41.6 Å². The van der Waals surface area contributed by atoms with E-state index in [-0.39, 0.29) is 18.0 Å². The lowest BCUT2D eigenvalue weighted by molar-refractivity contribution is -0.150. The summed E-state index contributed by atoms with van der Waals surface area (Å²) in [5.41, 5.74) is 5.45. The Morgan fingerprint density at radius 2 is 1.17 bits per heavy atom. The van der Waals surface area contributed by atoms with Crippen molar-refractivity contribution in [2.75, 3.05) is 6.54 Å². The Bertz CT molecular complexity index is 782. The highest BCUT2D eigenvalue weighted by atomic mass is 16.5. The van der Waals surface area contributed by atoms with Gasteiger partial charge in [-0.25, -0.2) is 4.79 Å². The van der Waals surface area contributed by atoms with Crippen LogP contribution in [-0.2, 0) is 19.1 Å². The summed E-state index contributed by atoms with van der Waals surface area (Å²) in [7, 11) is 0. The zero-order chi connectivity index (χ0) is 33.9. The minimum absolute atomic E-state index is 0.0544. The van der Waals surface area contributed by atoms with Gasteiger partial charge in [-0.15, -0.1) is 0 Å². The first-order valence-electron chi connectivity index (χ1n) is 19.2. The number of ether oxygens (including phenoxy) is 1. The van der Waals surface area contributed by atoms with Crippen LogP contribution in [0.1, 0.15) is 187 Å². The van der Waals surface area contributed by atoms with Crippen LogP contribution in [0.5, 0.6) is 0 Å². The maximum Gasteiger partial charge on any atom is 0.326 e. The number of allylic oxidation sites excluding steroid dienone is 4. The minimum atomic E-state index is -1.02. The van der Waals surface area contributed by atoms with Crippen molar-refractivity contribution in [1.29, 1.82) is 0 Å². The second-order valence-corrected chi connectivity index (χ2v) is 13.0. The van der Waals surface area contributed by atoms with Gasteiger partial charge < -0.3 is 20.9 Å². The highest BCUT2D eigenvalue weighted by Gasteiger charge is 2.19. The first kappa shape index (κ1) is 43.9. The molecule has 0 bridgehead atoms. The van der Waals surface area contributed by atoms with Crippen molar-refractivity contribution in [3.8, 4) is 0 Å². The van der Waals surface area contributed by atoms with E-state index in [4.69, 9.17) is 10.5 Å². The van der Waals surface area contributed by atoms with Crippen LogP contribution in [0.2, 0.25) is 0 Å². The minimum Gasteiger partial charge on any atom is -0.480 e. The Labute approximate surface area is 283 Å². The number of hydrogen-bond donors (Lipinski definition) is 3. The molecule has 0 aliphatic carbocycles. The second kappa shape index (κ2) is 34.2. The molecule has 0 rings (SSSR count). The summed E-state index contributed by atoms with van der Waals surface area (Å²) in [6.07, 6.45) is 37.3. The Balaban J connectivity index is 3.72. The van der Waals surface area contributed by atoms with Gasteiger partial charge in [0.1, 0.15) is 12.1 Å². The average molecular weight is 649 g/mol. The molecule has 0 heterocycles. The first-order valence-corrected chi connectivity index (χ1v) is 19.2. The monoisotopic (exact) mass is 649 g/mol. The number of carbonyl (C=O) groups excluding carboxylic acids is 2. The Morgan fingerprint density at radius 1 is 0.630 bits per heavy atom. The van der Waals surface area contributed by atoms with Crippen LogP contribution < -0.4 is 11.1 Å². The van der Waals surface area contributed by atoms with Gasteiger partial charge in [-0.2, -0.15) is 0 Å². The van der Waals surface area contributed by atoms with E-state index in [1.54, 1.807) is 0 Å². The van der Waals surface area contributed by atoms with E-state index in [1.807, 2.05) is 0 Å². The fraction of sp³-hybridized carbons (Fsp3) is 0.821. The maximum absolute atomic E-state index is 12.4. The van der Waals surface area contributed by atoms with E-state index < -0.39 is 12.0 Å². The summed E-state index contributed by atoms with van der Waals surface area (Å²) in [6.45, 7) is 4.77. The highest BCUT2D eigenvalue weighted by Crippen LogP contribution is 2.16. The third-order valence-electron chi connectivity index (χ3n) is 8.50. The number of nitrogens with one attached hydrogen (secondary N) is 1. The average Bonchev–Trinajstić information content (AvgIpc) is 3.03. The van der Waals surface area contributed by atoms with Gasteiger partial charge in [0.25, 0.3) is 0 Å². The largest absolute Gasteiger partial charge is 0.480 e. The molecule has 0 aliphatic heterocycles. The molecule has 4 N–H and O–H groups in total. The molecular formula is C39H72N2O5. The number of carboxylic acid groups (broad SMARTS) is 1. The molecule has 0 fully saturated rings. The van der Waals surface area contributed by atoms with E-state index in [9.17, 15) is 19.5 Å². The van der Waals surface area contributed by atoms with Crippen molar-refractivity contribution in [2.45, 2.75) is 199 Å². The summed E-state index contributed by atoms with van der Waals surface area (Å²) < 4.78 is 5.78. The summed E-state index contributed by atoms with van der Waals surface area (Å²) in [5, 5.41) is 11.8. The highest BCUT2D eigenvalue weighted by molar-refractivity contribution is 5.83. The quantitative estimate of drug-likeness (QED) is 0.0363. The van der Waals surface area contributed by atoms with Gasteiger partial charge in [-0.1, -0.05) is 122 Å². The van der Waals surface area contributed by atoms with Crippen LogP contribution >= 0.6 is 0 Å². The molecule has 7 nitrogen and oxygen atoms in total. The molecule has 1 amide bonds. The number of aliphatic carboxylic acids is 1. The zero-order valence-corrected chi connectivity index (χ0v) is 29.9. The lowest BCUT2D eigenvalue weighted by Crippen LogP contribution is -2.40. The number of carboxylic acids is 1. The van der Waals surface area contributed by atoms with Crippen molar-refractivity contribution in [3.63, 3.8) is 0 Å². The molecule has 7 heteroatoms. The van der Waals surface area contributed by atoms with E-state index in [0.29, 0.717) is 38.6 Å². The van der Waals surface area contributed by atoms with Crippen molar-refractivity contribution >= 4 is 17.8 Å². The van der Waals surface area contributed by atoms with Gasteiger partial charge in [0.15, 0.2) is 0 Å². The van der Waals surface area contributed by atoms with Crippen LogP contribution in [0.15, 0.2) is 24.3 Å². The molecule has 0 aliphatic rings. The Hall–Kier alpha value is -2.15. The number of hydrogen-bond acceptors (Lipinski definition) is 5. The Kier molecular flexibility index (Phi) is 32.6. The SMILES string of the molecule is CCCCCCC/C=C\C/C=C\CCCCCCCCCCCC(=O)OC(CCC)CCCCCC(=O)NC(CCCN)C(=O)O. The fourth-order valence-electron chi connectivity index (χ4n) is 5.65. The third-order valence-corrected chi connectivity index (χ3v) is 8.50. The second-order valence-electron chi connectivity index (χ2n) is 13.0. The van der Waals surface area contributed by atoms with Crippen molar-refractivity contribution in [2.24, 2.45) is 5.73 Å². The first-order chi connectivity index (χ1) is 22.4. The van der Waals surface area contributed by atoms with Crippen molar-refractivity contribution in [3.05, 3.63) is 24.3 Å². The van der Waals surface area contributed by atoms with Gasteiger partial charge in [0.2, 0.25) is 5.91 Å². The van der Waals surface area contributed by atoms with Gasteiger partial charge >= 0.3 is 11.9 Å². The molecule has 0 radical (unpaired) electrons. The molecule has 0 saturated heterocycles. The molecule has 2 unspecified atom stereocenters. The van der Waals surface area contributed by atoms with E-state index in [0.717, 1.165) is 51.4 Å². The van der Waals surface area contributed by atoms with Gasteiger partial charge in [-0.3, -0.25) is 9.59 Å².